The lowest BCUT2D eigenvalue weighted by Crippen LogP contribution is -2.45. The fourth-order valence-electron chi connectivity index (χ4n) is 2.44. The second-order valence-electron chi connectivity index (χ2n) is 6.39. The van der Waals surface area contributed by atoms with Crippen LogP contribution in [0.3, 0.4) is 0 Å². The van der Waals surface area contributed by atoms with Crippen LogP contribution in [0.1, 0.15) is 22.3 Å². The van der Waals surface area contributed by atoms with Gasteiger partial charge in [0.2, 0.25) is 0 Å². The molecular weight excluding hydrogens is 372 g/mol. The maximum atomic E-state index is 12.5. The number of amides is 2. The van der Waals surface area contributed by atoms with Crippen LogP contribution in [0.5, 0.6) is 0 Å². The fraction of sp³-hybridized carbons (Fsp3) is 0.286. The van der Waals surface area contributed by atoms with Gasteiger partial charge in [0, 0.05) is 25.3 Å². The van der Waals surface area contributed by atoms with Crippen molar-refractivity contribution in [3.63, 3.8) is 0 Å². The number of carbonyl (C=O) groups excluding carboxylic acids is 2. The molecule has 2 N–H and O–H groups in total. The van der Waals surface area contributed by atoms with E-state index < -0.39 is 6.04 Å². The van der Waals surface area contributed by atoms with Gasteiger partial charge in [0.25, 0.3) is 11.8 Å². The third-order valence-electron chi connectivity index (χ3n) is 4.07. The Kier molecular flexibility index (Phi) is 8.55. The van der Waals surface area contributed by atoms with Crippen molar-refractivity contribution in [1.29, 1.82) is 0 Å². The molecule has 1 atom stereocenters. The first-order valence-corrected chi connectivity index (χ1v) is 10.4. The van der Waals surface area contributed by atoms with Crippen molar-refractivity contribution in [1.82, 2.24) is 10.7 Å². The number of benzene rings is 2. The van der Waals surface area contributed by atoms with Crippen LogP contribution in [0.4, 0.5) is 5.69 Å². The summed E-state index contributed by atoms with van der Waals surface area (Å²) in [4.78, 5) is 26.9. The van der Waals surface area contributed by atoms with Crippen molar-refractivity contribution in [2.75, 3.05) is 31.0 Å². The first-order valence-electron chi connectivity index (χ1n) is 8.96. The molecule has 0 heterocycles. The Morgan fingerprint density at radius 3 is 2.39 bits per heavy atom. The molecule has 0 spiro atoms. The van der Waals surface area contributed by atoms with E-state index in [1.165, 1.54) is 0 Å². The van der Waals surface area contributed by atoms with Crippen LogP contribution >= 0.6 is 11.8 Å². The van der Waals surface area contributed by atoms with E-state index >= 15 is 0 Å². The summed E-state index contributed by atoms with van der Waals surface area (Å²) in [5.74, 6) is 0.146. The minimum atomic E-state index is -0.645. The number of nitrogens with zero attached hydrogens (tertiary/aromatic N) is 2. The Hall–Kier alpha value is -2.80. The van der Waals surface area contributed by atoms with Crippen LogP contribution in [0.25, 0.3) is 0 Å². The topological polar surface area (TPSA) is 73.8 Å². The number of hydrogen-bond acceptors (Lipinski definition) is 5. The molecule has 28 heavy (non-hydrogen) atoms. The highest BCUT2D eigenvalue weighted by atomic mass is 32.2. The molecule has 0 saturated carbocycles. The number of rotatable bonds is 9. The molecule has 0 fully saturated rings. The molecule has 0 saturated heterocycles. The van der Waals surface area contributed by atoms with Crippen LogP contribution < -0.4 is 15.6 Å². The third-order valence-corrected chi connectivity index (χ3v) is 4.71. The summed E-state index contributed by atoms with van der Waals surface area (Å²) >= 11 is 1.62. The summed E-state index contributed by atoms with van der Waals surface area (Å²) in [6.45, 7) is 0. The molecular formula is C21H26N4O2S. The number of carbonyl (C=O) groups is 2. The highest BCUT2D eigenvalue weighted by molar-refractivity contribution is 7.98. The van der Waals surface area contributed by atoms with Gasteiger partial charge >= 0.3 is 0 Å². The molecule has 6 nitrogen and oxygen atoms in total. The molecule has 0 radical (unpaired) electrons. The standard InChI is InChI=1S/C21H26N4O2S/c1-25(2)18-11-9-16(10-12-18)15-22-24-21(27)19(13-14-28-3)23-20(26)17-7-5-4-6-8-17/h4-12,15,19H,13-14H2,1-3H3,(H,23,26)(H,24,27)/t19-/m0/s1. The summed E-state index contributed by atoms with van der Waals surface area (Å²) in [5, 5.41) is 6.82. The van der Waals surface area contributed by atoms with Crippen molar-refractivity contribution in [3.05, 3.63) is 65.7 Å². The van der Waals surface area contributed by atoms with Gasteiger partial charge in [0.05, 0.1) is 6.21 Å². The van der Waals surface area contributed by atoms with Gasteiger partial charge in [-0.3, -0.25) is 9.59 Å². The van der Waals surface area contributed by atoms with Gasteiger partial charge in [-0.15, -0.1) is 0 Å². The maximum absolute atomic E-state index is 12.5. The minimum absolute atomic E-state index is 0.273. The van der Waals surface area contributed by atoms with Crippen LogP contribution in [-0.2, 0) is 4.79 Å². The SMILES string of the molecule is CSCC[C@H](NC(=O)c1ccccc1)C(=O)NN=Cc1ccc(N(C)C)cc1. The molecule has 148 valence electrons. The van der Waals surface area contributed by atoms with Crippen molar-refractivity contribution < 1.29 is 9.59 Å². The summed E-state index contributed by atoms with van der Waals surface area (Å²) in [5.41, 5.74) is 5.01. The summed E-state index contributed by atoms with van der Waals surface area (Å²) in [6.07, 6.45) is 4.07. The Balaban J connectivity index is 1.96. The van der Waals surface area contributed by atoms with Crippen molar-refractivity contribution >= 4 is 35.5 Å². The van der Waals surface area contributed by atoms with Gasteiger partial charge in [-0.2, -0.15) is 16.9 Å². The molecule has 7 heteroatoms. The molecule has 0 aliphatic heterocycles. The van der Waals surface area contributed by atoms with Gasteiger partial charge < -0.3 is 10.2 Å². The number of hydrazone groups is 1. The first kappa shape index (κ1) is 21.5. The van der Waals surface area contributed by atoms with E-state index in [2.05, 4.69) is 15.8 Å². The number of thioether (sulfide) groups is 1. The molecule has 0 aromatic heterocycles. The lowest BCUT2D eigenvalue weighted by atomic mass is 10.1. The second kappa shape index (κ2) is 11.1. The summed E-state index contributed by atoms with van der Waals surface area (Å²) in [7, 11) is 3.95. The van der Waals surface area contributed by atoms with E-state index in [0.717, 1.165) is 17.0 Å². The van der Waals surface area contributed by atoms with Crippen molar-refractivity contribution in [2.45, 2.75) is 12.5 Å². The van der Waals surface area contributed by atoms with E-state index in [0.29, 0.717) is 12.0 Å². The number of nitrogens with one attached hydrogen (secondary N) is 2. The Bertz CT molecular complexity index is 792. The smallest absolute Gasteiger partial charge is 0.262 e. The van der Waals surface area contributed by atoms with Crippen molar-refractivity contribution in [2.24, 2.45) is 5.10 Å². The van der Waals surface area contributed by atoms with Crippen molar-refractivity contribution in [3.8, 4) is 0 Å². The Morgan fingerprint density at radius 1 is 1.11 bits per heavy atom. The zero-order chi connectivity index (χ0) is 20.4. The largest absolute Gasteiger partial charge is 0.378 e. The van der Waals surface area contributed by atoms with Gasteiger partial charge in [0.15, 0.2) is 0 Å². The lowest BCUT2D eigenvalue weighted by molar-refractivity contribution is -0.123. The second-order valence-corrected chi connectivity index (χ2v) is 7.38. The predicted molar refractivity (Wildman–Crippen MR) is 117 cm³/mol. The molecule has 2 rings (SSSR count). The molecule has 2 aromatic carbocycles. The molecule has 0 aliphatic carbocycles. The highest BCUT2D eigenvalue weighted by Gasteiger charge is 2.20. The van der Waals surface area contributed by atoms with Crippen LogP contribution in [0.2, 0.25) is 0 Å². The Labute approximate surface area is 170 Å². The van der Waals surface area contributed by atoms with Gasteiger partial charge in [0.1, 0.15) is 6.04 Å². The van der Waals surface area contributed by atoms with Crippen LogP contribution in [0, 0.1) is 0 Å². The predicted octanol–water partition coefficient (Wildman–Crippen LogP) is 2.75. The molecule has 0 bridgehead atoms. The molecule has 0 unspecified atom stereocenters. The zero-order valence-electron chi connectivity index (χ0n) is 16.4. The van der Waals surface area contributed by atoms with Gasteiger partial charge in [-0.05, 0) is 48.3 Å². The number of hydrogen-bond donors (Lipinski definition) is 2. The van der Waals surface area contributed by atoms with Crippen LogP contribution in [-0.4, -0.2) is 50.2 Å². The normalized spacial score (nSPS) is 11.8. The zero-order valence-corrected chi connectivity index (χ0v) is 17.2. The first-order chi connectivity index (χ1) is 13.5. The molecule has 0 aliphatic rings. The number of anilines is 1. The van der Waals surface area contributed by atoms with Crippen LogP contribution in [0.15, 0.2) is 59.7 Å². The van der Waals surface area contributed by atoms with E-state index in [1.807, 2.05) is 55.6 Å². The highest BCUT2D eigenvalue weighted by Crippen LogP contribution is 2.11. The minimum Gasteiger partial charge on any atom is -0.378 e. The van der Waals surface area contributed by atoms with E-state index in [1.54, 1.807) is 42.2 Å². The lowest BCUT2D eigenvalue weighted by Gasteiger charge is -2.16. The summed E-state index contributed by atoms with van der Waals surface area (Å²) in [6, 6.07) is 16.0. The monoisotopic (exact) mass is 398 g/mol. The average Bonchev–Trinajstić information content (AvgIpc) is 2.71. The van der Waals surface area contributed by atoms with E-state index in [9.17, 15) is 9.59 Å². The Morgan fingerprint density at radius 2 is 1.79 bits per heavy atom. The fourth-order valence-corrected chi connectivity index (χ4v) is 2.91. The quantitative estimate of drug-likeness (QED) is 0.503. The van der Waals surface area contributed by atoms with Gasteiger partial charge in [-0.25, -0.2) is 5.43 Å². The maximum Gasteiger partial charge on any atom is 0.262 e. The average molecular weight is 399 g/mol. The van der Waals surface area contributed by atoms with Gasteiger partial charge in [-0.1, -0.05) is 30.3 Å². The third kappa shape index (κ3) is 6.74. The van der Waals surface area contributed by atoms with E-state index in [4.69, 9.17) is 0 Å². The summed E-state index contributed by atoms with van der Waals surface area (Å²) < 4.78 is 0. The molecule has 2 amide bonds. The van der Waals surface area contributed by atoms with E-state index in [-0.39, 0.29) is 11.8 Å². The molecule has 2 aromatic rings.